The quantitative estimate of drug-likeness (QED) is 0.546. The monoisotopic (exact) mass is 213 g/mol. The van der Waals surface area contributed by atoms with Crippen molar-refractivity contribution >= 4 is 5.96 Å². The fourth-order valence-electron chi connectivity index (χ4n) is 1.67. The van der Waals surface area contributed by atoms with Crippen LogP contribution in [0.2, 0.25) is 0 Å². The van der Waals surface area contributed by atoms with Crippen LogP contribution in [-0.4, -0.2) is 30.3 Å². The summed E-state index contributed by atoms with van der Waals surface area (Å²) in [5.74, 6) is 0.554. The summed E-state index contributed by atoms with van der Waals surface area (Å²) in [7, 11) is 0. The first-order chi connectivity index (χ1) is 6.97. The predicted molar refractivity (Wildman–Crippen MR) is 62.9 cm³/mol. The number of ether oxygens (including phenoxy) is 1. The average molecular weight is 213 g/mol. The Labute approximate surface area is 92.3 Å². The van der Waals surface area contributed by atoms with E-state index in [-0.39, 0.29) is 0 Å². The van der Waals surface area contributed by atoms with Crippen LogP contribution in [0.5, 0.6) is 0 Å². The molecule has 0 unspecified atom stereocenters. The van der Waals surface area contributed by atoms with Crippen molar-refractivity contribution in [1.29, 1.82) is 0 Å². The molecule has 1 rings (SSSR count). The summed E-state index contributed by atoms with van der Waals surface area (Å²) in [6.45, 7) is 8.22. The lowest BCUT2D eigenvalue weighted by molar-refractivity contribution is -0.0429. The summed E-state index contributed by atoms with van der Waals surface area (Å²) in [6.07, 6.45) is 2.69. The lowest BCUT2D eigenvalue weighted by Gasteiger charge is -2.34. The summed E-state index contributed by atoms with van der Waals surface area (Å²) >= 11 is 0. The molecule has 3 N–H and O–H groups in total. The molecular formula is C11H23N3O. The minimum absolute atomic E-state index is 0.311. The Kier molecular flexibility index (Phi) is 4.39. The average Bonchev–Trinajstić information content (AvgIpc) is 1.97. The molecule has 4 heteroatoms. The van der Waals surface area contributed by atoms with E-state index in [0.29, 0.717) is 30.3 Å². The molecule has 4 nitrogen and oxygen atoms in total. The van der Waals surface area contributed by atoms with Crippen LogP contribution in [0.3, 0.4) is 0 Å². The van der Waals surface area contributed by atoms with Crippen LogP contribution in [0.25, 0.3) is 0 Å². The van der Waals surface area contributed by atoms with E-state index in [9.17, 15) is 0 Å². The van der Waals surface area contributed by atoms with Gasteiger partial charge >= 0.3 is 0 Å². The molecule has 0 aromatic heterocycles. The summed E-state index contributed by atoms with van der Waals surface area (Å²) in [5, 5.41) is 3.08. The van der Waals surface area contributed by atoms with Crippen molar-refractivity contribution in [2.24, 2.45) is 10.7 Å². The fourth-order valence-corrected chi connectivity index (χ4v) is 1.67. The second kappa shape index (κ2) is 5.35. The molecule has 0 spiro atoms. The first-order valence-corrected chi connectivity index (χ1v) is 5.72. The van der Waals surface area contributed by atoms with Gasteiger partial charge in [0.25, 0.3) is 0 Å². The Hall–Kier alpha value is -0.770. The fraction of sp³-hybridized carbons (Fsp3) is 0.909. The predicted octanol–water partition coefficient (Wildman–Crippen LogP) is 1.26. The Bertz CT molecular complexity index is 220. The highest BCUT2D eigenvalue weighted by Crippen LogP contribution is 2.27. The van der Waals surface area contributed by atoms with E-state index < -0.39 is 0 Å². The van der Waals surface area contributed by atoms with Crippen LogP contribution in [0.4, 0.5) is 0 Å². The summed E-state index contributed by atoms with van der Waals surface area (Å²) in [6, 6.07) is 0.691. The number of guanidine groups is 1. The number of rotatable bonds is 4. The lowest BCUT2D eigenvalue weighted by Crippen LogP contribution is -2.42. The third-order valence-corrected chi connectivity index (χ3v) is 2.29. The molecule has 1 aliphatic carbocycles. The van der Waals surface area contributed by atoms with Gasteiger partial charge in [-0.05, 0) is 40.5 Å². The third kappa shape index (κ3) is 4.51. The summed E-state index contributed by atoms with van der Waals surface area (Å²) < 4.78 is 5.65. The van der Waals surface area contributed by atoms with Gasteiger partial charge in [0.15, 0.2) is 5.96 Å². The van der Waals surface area contributed by atoms with Crippen LogP contribution in [0.1, 0.15) is 40.5 Å². The molecule has 0 atom stereocenters. The molecule has 0 saturated heterocycles. The van der Waals surface area contributed by atoms with E-state index in [4.69, 9.17) is 10.5 Å². The van der Waals surface area contributed by atoms with Gasteiger partial charge in [-0.15, -0.1) is 0 Å². The maximum absolute atomic E-state index is 5.73. The first kappa shape index (κ1) is 12.3. The van der Waals surface area contributed by atoms with Crippen LogP contribution in [0, 0.1) is 0 Å². The maximum atomic E-state index is 5.73. The zero-order valence-electron chi connectivity index (χ0n) is 10.2. The number of aliphatic imine (C=N–C) groups is 1. The molecule has 0 amide bonds. The van der Waals surface area contributed by atoms with Crippen molar-refractivity contribution in [3.63, 3.8) is 0 Å². The number of hydrogen-bond acceptors (Lipinski definition) is 2. The lowest BCUT2D eigenvalue weighted by atomic mass is 9.90. The normalized spacial score (nSPS) is 26.9. The Morgan fingerprint density at radius 2 is 1.93 bits per heavy atom. The maximum Gasteiger partial charge on any atom is 0.189 e. The van der Waals surface area contributed by atoms with Crippen LogP contribution < -0.4 is 11.1 Å². The Morgan fingerprint density at radius 3 is 2.40 bits per heavy atom. The van der Waals surface area contributed by atoms with Crippen molar-refractivity contribution in [3.8, 4) is 0 Å². The number of hydrogen-bond donors (Lipinski definition) is 2. The molecular weight excluding hydrogens is 190 g/mol. The van der Waals surface area contributed by atoms with Crippen molar-refractivity contribution in [3.05, 3.63) is 0 Å². The number of nitrogens with zero attached hydrogens (tertiary/aromatic N) is 1. The van der Waals surface area contributed by atoms with Gasteiger partial charge in [-0.25, -0.2) is 4.99 Å². The minimum Gasteiger partial charge on any atom is -0.375 e. The van der Waals surface area contributed by atoms with Gasteiger partial charge < -0.3 is 15.8 Å². The molecule has 0 aliphatic heterocycles. The molecule has 0 radical (unpaired) electrons. The van der Waals surface area contributed by atoms with Gasteiger partial charge in [-0.2, -0.15) is 0 Å². The third-order valence-electron chi connectivity index (χ3n) is 2.29. The first-order valence-electron chi connectivity index (χ1n) is 5.72. The largest absolute Gasteiger partial charge is 0.375 e. The molecule has 1 saturated carbocycles. The second-order valence-corrected chi connectivity index (χ2v) is 4.75. The van der Waals surface area contributed by atoms with Crippen molar-refractivity contribution in [1.82, 2.24) is 5.32 Å². The number of nitrogens with two attached hydrogens (primary N) is 1. The van der Waals surface area contributed by atoms with Crippen molar-refractivity contribution < 1.29 is 4.74 Å². The zero-order valence-corrected chi connectivity index (χ0v) is 10.2. The van der Waals surface area contributed by atoms with Gasteiger partial charge in [0.2, 0.25) is 0 Å². The molecule has 0 heterocycles. The molecule has 1 aliphatic rings. The Morgan fingerprint density at radius 1 is 1.33 bits per heavy atom. The summed E-state index contributed by atoms with van der Waals surface area (Å²) in [4.78, 5) is 4.38. The molecule has 0 bridgehead atoms. The summed E-state index contributed by atoms with van der Waals surface area (Å²) in [5.41, 5.74) is 5.73. The van der Waals surface area contributed by atoms with Gasteiger partial charge in [0, 0.05) is 6.04 Å². The van der Waals surface area contributed by atoms with E-state index in [1.54, 1.807) is 0 Å². The highest BCUT2D eigenvalue weighted by molar-refractivity contribution is 5.78. The molecule has 1 fully saturated rings. The van der Waals surface area contributed by atoms with E-state index >= 15 is 0 Å². The molecule has 15 heavy (non-hydrogen) atoms. The molecule has 0 aromatic carbocycles. The van der Waals surface area contributed by atoms with Crippen molar-refractivity contribution in [2.75, 3.05) is 0 Å². The van der Waals surface area contributed by atoms with Crippen LogP contribution in [-0.2, 0) is 4.74 Å². The topological polar surface area (TPSA) is 59.6 Å². The molecule has 88 valence electrons. The molecule has 0 aromatic rings. The van der Waals surface area contributed by atoms with Gasteiger partial charge in [0.05, 0.1) is 18.2 Å². The second-order valence-electron chi connectivity index (χ2n) is 4.75. The van der Waals surface area contributed by atoms with E-state index in [1.165, 1.54) is 0 Å². The smallest absolute Gasteiger partial charge is 0.189 e. The van der Waals surface area contributed by atoms with E-state index in [2.05, 4.69) is 24.2 Å². The van der Waals surface area contributed by atoms with Gasteiger partial charge in [-0.1, -0.05) is 0 Å². The minimum atomic E-state index is 0.311. The van der Waals surface area contributed by atoms with Gasteiger partial charge in [0.1, 0.15) is 0 Å². The van der Waals surface area contributed by atoms with E-state index in [1.807, 2.05) is 13.8 Å². The Balaban J connectivity index is 2.21. The van der Waals surface area contributed by atoms with Crippen LogP contribution in [0.15, 0.2) is 4.99 Å². The SMILES string of the molecule is CC(C)NC(N)=NC1CC(OC(C)C)C1. The highest BCUT2D eigenvalue weighted by Gasteiger charge is 2.30. The van der Waals surface area contributed by atoms with E-state index in [0.717, 1.165) is 12.8 Å². The van der Waals surface area contributed by atoms with Gasteiger partial charge in [-0.3, -0.25) is 0 Å². The zero-order chi connectivity index (χ0) is 11.4. The van der Waals surface area contributed by atoms with Crippen molar-refractivity contribution in [2.45, 2.75) is 64.8 Å². The van der Waals surface area contributed by atoms with Crippen LogP contribution >= 0.6 is 0 Å². The standard InChI is InChI=1S/C11H23N3O/c1-7(2)13-11(12)14-9-5-10(6-9)15-8(3)4/h7-10H,5-6H2,1-4H3,(H3,12,13,14). The highest BCUT2D eigenvalue weighted by atomic mass is 16.5. The number of nitrogens with one attached hydrogen (secondary N) is 1.